The minimum atomic E-state index is -1.10. The fraction of sp³-hybridized carbons (Fsp3) is 0.425. The predicted molar refractivity (Wildman–Crippen MR) is 195 cm³/mol. The summed E-state index contributed by atoms with van der Waals surface area (Å²) in [6, 6.07) is 10.7. The van der Waals surface area contributed by atoms with Crippen LogP contribution in [0.3, 0.4) is 0 Å². The molecule has 3 heterocycles. The summed E-state index contributed by atoms with van der Waals surface area (Å²) in [6.45, 7) is 20.6. The van der Waals surface area contributed by atoms with Gasteiger partial charge in [0.1, 0.15) is 23.2 Å². The van der Waals surface area contributed by atoms with Crippen LogP contribution in [-0.2, 0) is 19.0 Å². The zero-order valence-electron chi connectivity index (χ0n) is 30.6. The van der Waals surface area contributed by atoms with Crippen LogP contribution in [-0.4, -0.2) is 64.7 Å². The Morgan fingerprint density at radius 2 is 1.80 bits per heavy atom. The van der Waals surface area contributed by atoms with Crippen LogP contribution in [0.25, 0.3) is 28.0 Å². The normalized spacial score (nSPS) is 15.7. The molecule has 9 nitrogen and oxygen atoms in total. The van der Waals surface area contributed by atoms with Gasteiger partial charge in [-0.1, -0.05) is 18.2 Å². The summed E-state index contributed by atoms with van der Waals surface area (Å²) in [6.07, 6.45) is 4.01. The first kappa shape index (κ1) is 37.6. The molecule has 0 N–H and O–H groups in total. The second kappa shape index (κ2) is 15.3. The quantitative estimate of drug-likeness (QED) is 0.101. The number of methoxy groups -OCH3 is 1. The SMILES string of the molecule is C=CCOC1(C)CCN(c2c(C(OC(C)(C)C)C(=O)OC)c(C)nc3cc(-c4ccc(F)c(-c5c(F)cccc5OC(C)CC=C)c4)nn23)CC1. The van der Waals surface area contributed by atoms with Crippen LogP contribution in [0.5, 0.6) is 5.75 Å². The minimum Gasteiger partial charge on any atom is -0.490 e. The number of nitrogens with zero attached hydrogens (tertiary/aromatic N) is 4. The van der Waals surface area contributed by atoms with Gasteiger partial charge in [-0.05, 0) is 84.7 Å². The molecule has 1 fully saturated rings. The van der Waals surface area contributed by atoms with Gasteiger partial charge in [-0.15, -0.1) is 13.2 Å². The Morgan fingerprint density at radius 3 is 2.45 bits per heavy atom. The van der Waals surface area contributed by atoms with E-state index in [1.165, 1.54) is 25.3 Å². The molecule has 51 heavy (non-hydrogen) atoms. The van der Waals surface area contributed by atoms with Crippen molar-refractivity contribution in [1.82, 2.24) is 14.6 Å². The average molecular weight is 703 g/mol. The highest BCUT2D eigenvalue weighted by Crippen LogP contribution is 2.40. The molecule has 1 saturated heterocycles. The summed E-state index contributed by atoms with van der Waals surface area (Å²) in [5.74, 6) is -0.928. The Hall–Kier alpha value is -4.61. The van der Waals surface area contributed by atoms with E-state index in [0.717, 1.165) is 0 Å². The first-order valence-corrected chi connectivity index (χ1v) is 17.2. The Labute approximate surface area is 298 Å². The molecule has 0 amide bonds. The van der Waals surface area contributed by atoms with Crippen molar-refractivity contribution in [2.45, 2.75) is 84.2 Å². The maximum atomic E-state index is 15.6. The lowest BCUT2D eigenvalue weighted by atomic mass is 9.92. The molecule has 1 aliphatic heterocycles. The van der Waals surface area contributed by atoms with Gasteiger partial charge >= 0.3 is 5.97 Å². The van der Waals surface area contributed by atoms with E-state index in [2.05, 4.69) is 25.0 Å². The van der Waals surface area contributed by atoms with Crippen molar-refractivity contribution in [2.24, 2.45) is 0 Å². The number of piperidine rings is 1. The van der Waals surface area contributed by atoms with Crippen molar-refractivity contribution < 1.29 is 32.5 Å². The molecule has 0 saturated carbocycles. The summed E-state index contributed by atoms with van der Waals surface area (Å²) >= 11 is 0. The number of benzene rings is 2. The van der Waals surface area contributed by atoms with Gasteiger partial charge in [-0.3, -0.25) is 0 Å². The van der Waals surface area contributed by atoms with Crippen LogP contribution in [0.2, 0.25) is 0 Å². The molecule has 1 aliphatic rings. The molecule has 272 valence electrons. The summed E-state index contributed by atoms with van der Waals surface area (Å²) < 4.78 is 56.5. The van der Waals surface area contributed by atoms with Gasteiger partial charge in [0, 0.05) is 42.4 Å². The Morgan fingerprint density at radius 1 is 1.08 bits per heavy atom. The Bertz CT molecular complexity index is 1910. The third-order valence-corrected chi connectivity index (χ3v) is 8.96. The second-order valence-electron chi connectivity index (χ2n) is 14.2. The lowest BCUT2D eigenvalue weighted by molar-refractivity contribution is -0.164. The van der Waals surface area contributed by atoms with E-state index in [1.54, 1.807) is 40.9 Å². The molecule has 2 atom stereocenters. The third-order valence-electron chi connectivity index (χ3n) is 8.96. The van der Waals surface area contributed by atoms with Crippen LogP contribution in [0, 0.1) is 18.6 Å². The van der Waals surface area contributed by atoms with Crippen molar-refractivity contribution in [1.29, 1.82) is 0 Å². The number of hydrogen-bond acceptors (Lipinski definition) is 8. The number of ether oxygens (including phenoxy) is 4. The topological polar surface area (TPSA) is 87.4 Å². The van der Waals surface area contributed by atoms with E-state index in [9.17, 15) is 4.79 Å². The first-order chi connectivity index (χ1) is 24.2. The summed E-state index contributed by atoms with van der Waals surface area (Å²) in [7, 11) is 1.33. The van der Waals surface area contributed by atoms with Gasteiger partial charge in [0.2, 0.25) is 0 Å². The van der Waals surface area contributed by atoms with Crippen molar-refractivity contribution in [3.63, 3.8) is 0 Å². The fourth-order valence-electron chi connectivity index (χ4n) is 6.39. The largest absolute Gasteiger partial charge is 0.490 e. The molecule has 0 aliphatic carbocycles. The van der Waals surface area contributed by atoms with Gasteiger partial charge in [-0.25, -0.2) is 18.6 Å². The van der Waals surface area contributed by atoms with E-state index >= 15 is 8.78 Å². The number of fused-ring (bicyclic) bond motifs is 1. The lowest BCUT2D eigenvalue weighted by Gasteiger charge is -2.41. The van der Waals surface area contributed by atoms with Gasteiger partial charge in [0.05, 0.1) is 47.8 Å². The van der Waals surface area contributed by atoms with Crippen molar-refractivity contribution in [2.75, 3.05) is 31.7 Å². The van der Waals surface area contributed by atoms with Gasteiger partial charge in [0.25, 0.3) is 0 Å². The van der Waals surface area contributed by atoms with E-state index in [0.29, 0.717) is 72.9 Å². The summed E-state index contributed by atoms with van der Waals surface area (Å²) in [5, 5.41) is 4.99. The summed E-state index contributed by atoms with van der Waals surface area (Å²) in [4.78, 5) is 20.4. The fourth-order valence-corrected chi connectivity index (χ4v) is 6.39. The molecule has 5 rings (SSSR count). The lowest BCUT2D eigenvalue weighted by Crippen LogP contribution is -2.45. The van der Waals surface area contributed by atoms with E-state index in [4.69, 9.17) is 29.0 Å². The molecule has 11 heteroatoms. The molecular formula is C40H48F2N4O5. The molecule has 2 aromatic carbocycles. The number of aromatic nitrogens is 3. The van der Waals surface area contributed by atoms with Crippen LogP contribution < -0.4 is 9.64 Å². The Kier molecular flexibility index (Phi) is 11.3. The number of carbonyl (C=O) groups is 1. The predicted octanol–water partition coefficient (Wildman–Crippen LogP) is 8.58. The molecular weight excluding hydrogens is 654 g/mol. The zero-order valence-corrected chi connectivity index (χ0v) is 30.6. The Balaban J connectivity index is 1.67. The molecule has 2 aromatic heterocycles. The second-order valence-corrected chi connectivity index (χ2v) is 14.2. The maximum Gasteiger partial charge on any atom is 0.339 e. The molecule has 0 bridgehead atoms. The highest BCUT2D eigenvalue weighted by molar-refractivity contribution is 5.81. The molecule has 2 unspecified atom stereocenters. The van der Waals surface area contributed by atoms with Crippen molar-refractivity contribution in [3.05, 3.63) is 90.7 Å². The molecule has 0 spiro atoms. The highest BCUT2D eigenvalue weighted by atomic mass is 19.1. The number of aryl methyl sites for hydroxylation is 1. The number of esters is 1. The maximum absolute atomic E-state index is 15.6. The zero-order chi connectivity index (χ0) is 37.1. The highest BCUT2D eigenvalue weighted by Gasteiger charge is 2.38. The van der Waals surface area contributed by atoms with Crippen molar-refractivity contribution >= 4 is 17.4 Å². The van der Waals surface area contributed by atoms with E-state index < -0.39 is 29.3 Å². The van der Waals surface area contributed by atoms with Gasteiger partial charge in [0.15, 0.2) is 11.8 Å². The average Bonchev–Trinajstić information content (AvgIpc) is 3.50. The van der Waals surface area contributed by atoms with Gasteiger partial charge in [-0.2, -0.15) is 9.61 Å². The number of halogens is 2. The standard InChI is InChI=1S/C40H48F2N4O5/c1-10-13-25(3)50-32-15-12-14-30(42)35(32)28-23-27(16-17-29(28)41)31-24-33-43-26(4)34(36(38(47)48-9)51-39(5,6)7)37(46(33)44-31)45-20-18-40(8,19-21-45)49-22-11-2/h10-12,14-17,23-25,36H,1-2,13,18-22H2,3-9H3. The number of hydrogen-bond donors (Lipinski definition) is 0. The smallest absolute Gasteiger partial charge is 0.339 e. The first-order valence-electron chi connectivity index (χ1n) is 17.2. The van der Waals surface area contributed by atoms with Crippen molar-refractivity contribution in [3.8, 4) is 28.1 Å². The number of rotatable bonds is 13. The summed E-state index contributed by atoms with van der Waals surface area (Å²) in [5.41, 5.74) is 1.63. The van der Waals surface area contributed by atoms with Gasteiger partial charge < -0.3 is 23.8 Å². The van der Waals surface area contributed by atoms with E-state index in [1.807, 2.05) is 34.6 Å². The van der Waals surface area contributed by atoms with E-state index in [-0.39, 0.29) is 28.6 Å². The minimum absolute atomic E-state index is 0.0174. The van der Waals surface area contributed by atoms with Crippen LogP contribution in [0.15, 0.2) is 67.8 Å². The number of carbonyl (C=O) groups excluding carboxylic acids is 1. The molecule has 4 aromatic rings. The van der Waals surface area contributed by atoms with Crippen LogP contribution in [0.1, 0.15) is 71.2 Å². The number of anilines is 1. The molecule has 0 radical (unpaired) electrons. The van der Waals surface area contributed by atoms with Crippen LogP contribution in [0.4, 0.5) is 14.6 Å². The third kappa shape index (κ3) is 8.31. The van der Waals surface area contributed by atoms with Crippen LogP contribution >= 0.6 is 0 Å². The monoisotopic (exact) mass is 702 g/mol.